The lowest BCUT2D eigenvalue weighted by Crippen LogP contribution is -2.19. The lowest BCUT2D eigenvalue weighted by atomic mass is 10.2. The number of hydrogen-bond donors (Lipinski definition) is 3. The molecule has 0 atom stereocenters. The van der Waals surface area contributed by atoms with Crippen molar-refractivity contribution in [3.63, 3.8) is 0 Å². The zero-order valence-electron chi connectivity index (χ0n) is 13.2. The van der Waals surface area contributed by atoms with Crippen LogP contribution in [0.2, 0.25) is 5.15 Å². The zero-order valence-corrected chi connectivity index (χ0v) is 14.0. The van der Waals surface area contributed by atoms with Crippen molar-refractivity contribution in [2.75, 3.05) is 16.0 Å². The number of halogens is 1. The number of carbonyl (C=O) groups is 1. The highest BCUT2D eigenvalue weighted by Crippen LogP contribution is 2.17. The molecule has 0 aliphatic rings. The van der Waals surface area contributed by atoms with Crippen LogP contribution >= 0.6 is 11.6 Å². The maximum atomic E-state index is 12.0. The zero-order chi connectivity index (χ0) is 17.5. The molecule has 0 fully saturated rings. The van der Waals surface area contributed by atoms with Gasteiger partial charge in [-0.25, -0.2) is 14.8 Å². The summed E-state index contributed by atoms with van der Waals surface area (Å²) in [5.74, 6) is 0.518. The van der Waals surface area contributed by atoms with E-state index < -0.39 is 0 Å². The van der Waals surface area contributed by atoms with Gasteiger partial charge in [0, 0.05) is 30.3 Å². The van der Waals surface area contributed by atoms with Gasteiger partial charge in [-0.15, -0.1) is 0 Å². The summed E-state index contributed by atoms with van der Waals surface area (Å²) >= 11 is 5.97. The number of hydrogen-bond acceptors (Lipinski definition) is 4. The van der Waals surface area contributed by atoms with Crippen molar-refractivity contribution in [2.24, 2.45) is 0 Å². The molecule has 3 N–H and O–H groups in total. The van der Waals surface area contributed by atoms with Crippen LogP contribution in [0, 0.1) is 0 Å². The first-order chi connectivity index (χ1) is 12.2. The third kappa shape index (κ3) is 4.92. The Labute approximate surface area is 150 Å². The van der Waals surface area contributed by atoms with Crippen molar-refractivity contribution in [2.45, 2.75) is 6.54 Å². The second-order valence-electron chi connectivity index (χ2n) is 5.19. The van der Waals surface area contributed by atoms with Gasteiger partial charge in [-0.3, -0.25) is 0 Å². The molecule has 126 valence electrons. The quantitative estimate of drug-likeness (QED) is 0.635. The Kier molecular flexibility index (Phi) is 5.43. The van der Waals surface area contributed by atoms with Crippen LogP contribution in [0.15, 0.2) is 67.0 Å². The van der Waals surface area contributed by atoms with E-state index in [0.29, 0.717) is 23.2 Å². The molecule has 0 aliphatic heterocycles. The van der Waals surface area contributed by atoms with Crippen LogP contribution in [0.4, 0.5) is 22.0 Å². The van der Waals surface area contributed by atoms with E-state index in [9.17, 15) is 4.79 Å². The summed E-state index contributed by atoms with van der Waals surface area (Å²) in [6.45, 7) is 0.508. The van der Waals surface area contributed by atoms with E-state index >= 15 is 0 Å². The third-order valence-corrected chi connectivity index (χ3v) is 3.61. The van der Waals surface area contributed by atoms with Gasteiger partial charge in [0.2, 0.25) is 0 Å². The normalized spacial score (nSPS) is 10.1. The summed E-state index contributed by atoms with van der Waals surface area (Å²) in [6.07, 6.45) is 3.10. The lowest BCUT2D eigenvalue weighted by Gasteiger charge is -2.10. The molecule has 2 amide bonds. The molecule has 25 heavy (non-hydrogen) atoms. The number of nitrogens with one attached hydrogen (secondary N) is 3. The maximum Gasteiger partial charge on any atom is 0.323 e. The fourth-order valence-corrected chi connectivity index (χ4v) is 2.37. The fraction of sp³-hybridized carbons (Fsp3) is 0.0556. The predicted octanol–water partition coefficient (Wildman–Crippen LogP) is 4.39. The summed E-state index contributed by atoms with van der Waals surface area (Å²) in [7, 11) is 0. The molecule has 0 bridgehead atoms. The Morgan fingerprint density at radius 1 is 0.920 bits per heavy atom. The number of nitrogens with zero attached hydrogens (tertiary/aromatic N) is 2. The van der Waals surface area contributed by atoms with Gasteiger partial charge in [-0.05, 0) is 29.8 Å². The van der Waals surface area contributed by atoms with Crippen molar-refractivity contribution < 1.29 is 4.79 Å². The number of rotatable bonds is 5. The van der Waals surface area contributed by atoms with Crippen LogP contribution in [0.3, 0.4) is 0 Å². The molecule has 0 saturated heterocycles. The molecule has 7 heteroatoms. The molecule has 0 unspecified atom stereocenters. The van der Waals surface area contributed by atoms with Gasteiger partial charge in [0.15, 0.2) is 11.0 Å². The third-order valence-electron chi connectivity index (χ3n) is 3.33. The van der Waals surface area contributed by atoms with E-state index in [1.54, 1.807) is 6.20 Å². The second kappa shape index (κ2) is 8.12. The van der Waals surface area contributed by atoms with Crippen molar-refractivity contribution >= 4 is 34.8 Å². The van der Waals surface area contributed by atoms with E-state index in [2.05, 4.69) is 25.9 Å². The molecule has 2 aromatic carbocycles. The average Bonchev–Trinajstić information content (AvgIpc) is 2.62. The van der Waals surface area contributed by atoms with E-state index in [4.69, 9.17) is 11.6 Å². The second-order valence-corrected chi connectivity index (χ2v) is 5.55. The number of aromatic nitrogens is 2. The van der Waals surface area contributed by atoms with Crippen LogP contribution in [-0.2, 0) is 6.54 Å². The van der Waals surface area contributed by atoms with Crippen molar-refractivity contribution in [1.29, 1.82) is 0 Å². The van der Waals surface area contributed by atoms with Crippen LogP contribution in [-0.4, -0.2) is 16.0 Å². The van der Waals surface area contributed by atoms with Crippen molar-refractivity contribution in [3.8, 4) is 0 Å². The number of para-hydroxylation sites is 1. The van der Waals surface area contributed by atoms with Crippen molar-refractivity contribution in [1.82, 2.24) is 9.97 Å². The predicted molar refractivity (Wildman–Crippen MR) is 99.9 cm³/mol. The van der Waals surface area contributed by atoms with Gasteiger partial charge >= 0.3 is 6.03 Å². The number of anilines is 3. The monoisotopic (exact) mass is 353 g/mol. The fourth-order valence-electron chi connectivity index (χ4n) is 2.20. The van der Waals surface area contributed by atoms with Gasteiger partial charge in [0.05, 0.1) is 0 Å². The minimum atomic E-state index is -0.298. The minimum absolute atomic E-state index is 0.298. The molecular weight excluding hydrogens is 338 g/mol. The molecule has 3 rings (SSSR count). The highest BCUT2D eigenvalue weighted by molar-refractivity contribution is 6.31. The summed E-state index contributed by atoms with van der Waals surface area (Å²) in [5, 5.41) is 9.02. The summed E-state index contributed by atoms with van der Waals surface area (Å²) < 4.78 is 0. The Hall–Kier alpha value is -3.12. The Bertz CT molecular complexity index is 857. The van der Waals surface area contributed by atoms with Gasteiger partial charge in [-0.2, -0.15) is 0 Å². The van der Waals surface area contributed by atoms with Crippen LogP contribution in [0.5, 0.6) is 0 Å². The lowest BCUT2D eigenvalue weighted by molar-refractivity contribution is 0.262. The van der Waals surface area contributed by atoms with Crippen molar-refractivity contribution in [3.05, 3.63) is 77.7 Å². The largest absolute Gasteiger partial charge is 0.363 e. The molecule has 1 heterocycles. The summed E-state index contributed by atoms with van der Waals surface area (Å²) in [4.78, 5) is 20.1. The van der Waals surface area contributed by atoms with E-state index in [-0.39, 0.29) is 6.03 Å². The summed E-state index contributed by atoms with van der Waals surface area (Å²) in [5.41, 5.74) is 2.40. The number of amides is 2. The van der Waals surface area contributed by atoms with Crippen LogP contribution < -0.4 is 16.0 Å². The molecular formula is C18H16ClN5O. The first-order valence-corrected chi connectivity index (χ1v) is 8.01. The molecule has 0 radical (unpaired) electrons. The van der Waals surface area contributed by atoms with E-state index in [0.717, 1.165) is 11.3 Å². The Balaban J connectivity index is 1.59. The molecule has 0 spiro atoms. The first kappa shape index (κ1) is 16.7. The molecule has 6 nitrogen and oxygen atoms in total. The van der Waals surface area contributed by atoms with Gasteiger partial charge in [-0.1, -0.05) is 41.9 Å². The molecule has 0 saturated carbocycles. The van der Waals surface area contributed by atoms with Gasteiger partial charge < -0.3 is 16.0 Å². The minimum Gasteiger partial charge on any atom is -0.363 e. The number of urea groups is 1. The molecule has 1 aromatic heterocycles. The summed E-state index contributed by atoms with van der Waals surface area (Å²) in [6, 6.07) is 16.5. The SMILES string of the molecule is O=C(Nc1ccccc1)Nc1cccc(CNc2nccnc2Cl)c1. The van der Waals surface area contributed by atoms with E-state index in [1.165, 1.54) is 6.20 Å². The Morgan fingerprint density at radius 3 is 2.44 bits per heavy atom. The van der Waals surface area contributed by atoms with E-state index in [1.807, 2.05) is 54.6 Å². The topological polar surface area (TPSA) is 78.9 Å². The average molecular weight is 354 g/mol. The van der Waals surface area contributed by atoms with Crippen LogP contribution in [0.25, 0.3) is 0 Å². The van der Waals surface area contributed by atoms with Crippen LogP contribution in [0.1, 0.15) is 5.56 Å². The maximum absolute atomic E-state index is 12.0. The van der Waals surface area contributed by atoms with Gasteiger partial charge in [0.1, 0.15) is 0 Å². The smallest absolute Gasteiger partial charge is 0.323 e. The number of benzene rings is 2. The highest BCUT2D eigenvalue weighted by atomic mass is 35.5. The molecule has 0 aliphatic carbocycles. The first-order valence-electron chi connectivity index (χ1n) is 7.63. The Morgan fingerprint density at radius 2 is 1.64 bits per heavy atom. The standard InChI is InChI=1S/C18H16ClN5O/c19-16-17(21-10-9-20-16)22-12-13-5-4-8-15(11-13)24-18(25)23-14-6-2-1-3-7-14/h1-11H,12H2,(H,21,22)(H2,23,24,25). The number of carbonyl (C=O) groups excluding carboxylic acids is 1. The van der Waals surface area contributed by atoms with Gasteiger partial charge in [0.25, 0.3) is 0 Å². The highest BCUT2D eigenvalue weighted by Gasteiger charge is 2.05. The molecule has 3 aromatic rings.